The molecule has 1 aromatic heterocycles. The monoisotopic (exact) mass is 315 g/mol. The Balaban J connectivity index is 2.12. The molecule has 0 N–H and O–H groups in total. The van der Waals surface area contributed by atoms with Crippen LogP contribution < -0.4 is 4.59 Å². The van der Waals surface area contributed by atoms with Gasteiger partial charge in [-0.3, -0.25) is 0 Å². The van der Waals surface area contributed by atoms with Crippen molar-refractivity contribution in [3.05, 3.63) is 36.1 Å². The van der Waals surface area contributed by atoms with E-state index in [4.69, 9.17) is 9.47 Å². The molecule has 1 aromatic carbocycles. The minimum atomic E-state index is -0.235. The summed E-state index contributed by atoms with van der Waals surface area (Å²) < 4.78 is 24.3. The molecule has 5 heteroatoms. The molecular weight excluding hydrogens is 300 g/mol. The molecule has 1 heterocycles. The number of halogens is 1. The van der Waals surface area contributed by atoms with Gasteiger partial charge in [-0.05, 0) is 0 Å². The van der Waals surface area contributed by atoms with E-state index in [-0.39, 0.29) is 27.1 Å². The molecule has 0 aliphatic rings. The van der Waals surface area contributed by atoms with Crippen molar-refractivity contribution in [2.75, 3.05) is 14.2 Å². The van der Waals surface area contributed by atoms with Gasteiger partial charge < -0.3 is 0 Å². The van der Waals surface area contributed by atoms with Gasteiger partial charge >= 0.3 is 111 Å². The second-order valence-corrected chi connectivity index (χ2v) is 5.88. The number of pyridine rings is 1. The van der Waals surface area contributed by atoms with Crippen molar-refractivity contribution in [1.29, 1.82) is 0 Å². The molecule has 18 heavy (non-hydrogen) atoms. The van der Waals surface area contributed by atoms with E-state index < -0.39 is 0 Å². The summed E-state index contributed by atoms with van der Waals surface area (Å²) in [6, 6.07) is 8.46. The van der Waals surface area contributed by atoms with Crippen LogP contribution in [0.1, 0.15) is 0 Å². The first-order chi connectivity index (χ1) is 8.72. The molecule has 0 radical (unpaired) electrons. The predicted molar refractivity (Wildman–Crippen MR) is 69.7 cm³/mol. The van der Waals surface area contributed by atoms with Crippen LogP contribution in [0.5, 0.6) is 0 Å². The van der Waals surface area contributed by atoms with E-state index in [1.807, 2.05) is 12.1 Å². The maximum absolute atomic E-state index is 13.0. The Kier molecular flexibility index (Phi) is 4.66. The number of ether oxygens (including phenoxy) is 2. The Morgan fingerprint density at radius 1 is 1.22 bits per heavy atom. The van der Waals surface area contributed by atoms with Gasteiger partial charge in [-0.25, -0.2) is 0 Å². The van der Waals surface area contributed by atoms with E-state index in [9.17, 15) is 4.39 Å². The summed E-state index contributed by atoms with van der Waals surface area (Å²) in [5, 5.41) is 1.63. The van der Waals surface area contributed by atoms with E-state index in [1.54, 1.807) is 20.3 Å². The third kappa shape index (κ3) is 3.27. The normalized spacial score (nSPS) is 11.3. The fraction of sp³-hybridized carbons (Fsp3) is 0.308. The molecule has 96 valence electrons. The fourth-order valence-corrected chi connectivity index (χ4v) is 3.45. The van der Waals surface area contributed by atoms with Crippen LogP contribution in [-0.2, 0) is 9.47 Å². The molecule has 0 spiro atoms. The SMILES string of the molecule is COC(C[Se]c1ccc2cc(F)ccc2n1)OC. The van der Waals surface area contributed by atoms with Gasteiger partial charge in [0, 0.05) is 0 Å². The van der Waals surface area contributed by atoms with Gasteiger partial charge in [0.25, 0.3) is 0 Å². The summed E-state index contributed by atoms with van der Waals surface area (Å²) in [6.45, 7) is 0. The average molecular weight is 314 g/mol. The average Bonchev–Trinajstić information content (AvgIpc) is 2.40. The molecule has 0 saturated carbocycles. The molecule has 0 atom stereocenters. The zero-order valence-corrected chi connectivity index (χ0v) is 11.9. The Bertz CT molecular complexity index is 531. The molecule has 0 saturated heterocycles. The van der Waals surface area contributed by atoms with Crippen molar-refractivity contribution >= 4 is 30.5 Å². The van der Waals surface area contributed by atoms with E-state index in [0.717, 1.165) is 20.8 Å². The molecule has 0 fully saturated rings. The quantitative estimate of drug-likeness (QED) is 0.622. The van der Waals surface area contributed by atoms with Crippen molar-refractivity contribution in [2.45, 2.75) is 11.6 Å². The van der Waals surface area contributed by atoms with Gasteiger partial charge in [0.1, 0.15) is 0 Å². The topological polar surface area (TPSA) is 31.4 Å². The van der Waals surface area contributed by atoms with Crippen LogP contribution in [0, 0.1) is 5.82 Å². The number of methoxy groups -OCH3 is 2. The third-order valence-electron chi connectivity index (χ3n) is 2.52. The number of hydrogen-bond donors (Lipinski definition) is 0. The van der Waals surface area contributed by atoms with Crippen molar-refractivity contribution < 1.29 is 13.9 Å². The molecule has 0 bridgehead atoms. The number of benzene rings is 1. The van der Waals surface area contributed by atoms with Crippen molar-refractivity contribution in [2.24, 2.45) is 0 Å². The summed E-state index contributed by atoms with van der Waals surface area (Å²) in [5.41, 5.74) is 0.821. The van der Waals surface area contributed by atoms with Gasteiger partial charge in [-0.1, -0.05) is 0 Å². The van der Waals surface area contributed by atoms with E-state index in [2.05, 4.69) is 4.98 Å². The van der Waals surface area contributed by atoms with Gasteiger partial charge in [0.2, 0.25) is 0 Å². The van der Waals surface area contributed by atoms with Crippen LogP contribution in [0.4, 0.5) is 4.39 Å². The Labute approximate surface area is 111 Å². The van der Waals surface area contributed by atoms with Crippen molar-refractivity contribution in [3.63, 3.8) is 0 Å². The van der Waals surface area contributed by atoms with Gasteiger partial charge in [-0.15, -0.1) is 0 Å². The van der Waals surface area contributed by atoms with E-state index in [1.165, 1.54) is 12.1 Å². The summed E-state index contributed by atoms with van der Waals surface area (Å²) in [7, 11) is 3.25. The Morgan fingerprint density at radius 2 is 2.00 bits per heavy atom. The molecule has 0 aliphatic carbocycles. The molecule has 0 amide bonds. The minimum absolute atomic E-state index is 0.180. The second kappa shape index (κ2) is 6.25. The first-order valence-corrected chi connectivity index (χ1v) is 7.54. The van der Waals surface area contributed by atoms with Gasteiger partial charge in [0.15, 0.2) is 0 Å². The molecule has 0 unspecified atom stereocenters. The summed E-state index contributed by atoms with van der Waals surface area (Å²) in [4.78, 5) is 4.51. The number of hydrogen-bond acceptors (Lipinski definition) is 3. The Morgan fingerprint density at radius 3 is 2.72 bits per heavy atom. The first kappa shape index (κ1) is 13.4. The van der Waals surface area contributed by atoms with Crippen LogP contribution in [0.15, 0.2) is 30.3 Å². The molecule has 3 nitrogen and oxygen atoms in total. The number of nitrogens with zero attached hydrogens (tertiary/aromatic N) is 1. The zero-order valence-electron chi connectivity index (χ0n) is 10.2. The summed E-state index contributed by atoms with van der Waals surface area (Å²) in [5.74, 6) is -0.235. The number of fused-ring (bicyclic) bond motifs is 1. The van der Waals surface area contributed by atoms with Crippen LogP contribution in [0.25, 0.3) is 10.9 Å². The fourth-order valence-electron chi connectivity index (χ4n) is 1.54. The molecular formula is C13H14FNO2Se. The molecule has 2 aromatic rings. The Hall–Kier alpha value is -1.00. The van der Waals surface area contributed by atoms with E-state index in [0.29, 0.717) is 0 Å². The molecule has 0 aliphatic heterocycles. The van der Waals surface area contributed by atoms with Crippen LogP contribution in [0.3, 0.4) is 0 Å². The van der Waals surface area contributed by atoms with Gasteiger partial charge in [-0.2, -0.15) is 0 Å². The summed E-state index contributed by atoms with van der Waals surface area (Å²) >= 11 is 0.180. The van der Waals surface area contributed by atoms with Gasteiger partial charge in [0.05, 0.1) is 0 Å². The number of aromatic nitrogens is 1. The second-order valence-electron chi connectivity index (χ2n) is 3.70. The first-order valence-electron chi connectivity index (χ1n) is 5.47. The number of rotatable bonds is 5. The standard InChI is InChI=1S/C13H14FNO2Se/c1-16-13(17-2)8-18-12-6-3-9-7-10(14)4-5-11(9)15-12/h3-7,13H,8H2,1-2H3. The maximum atomic E-state index is 13.0. The van der Waals surface area contributed by atoms with Crippen LogP contribution in [-0.4, -0.2) is 40.5 Å². The summed E-state index contributed by atoms with van der Waals surface area (Å²) in [6.07, 6.45) is -0.185. The van der Waals surface area contributed by atoms with Crippen molar-refractivity contribution in [1.82, 2.24) is 4.98 Å². The van der Waals surface area contributed by atoms with Crippen LogP contribution >= 0.6 is 0 Å². The zero-order chi connectivity index (χ0) is 13.0. The van der Waals surface area contributed by atoms with Crippen LogP contribution in [0.2, 0.25) is 5.32 Å². The predicted octanol–water partition coefficient (Wildman–Crippen LogP) is 1.74. The van der Waals surface area contributed by atoms with E-state index >= 15 is 0 Å². The third-order valence-corrected chi connectivity index (χ3v) is 4.54. The molecule has 2 rings (SSSR count). The van der Waals surface area contributed by atoms with Crippen molar-refractivity contribution in [3.8, 4) is 0 Å².